The van der Waals surface area contributed by atoms with Crippen LogP contribution in [0, 0.1) is 11.6 Å². The summed E-state index contributed by atoms with van der Waals surface area (Å²) < 4.78 is 27.8. The first-order valence-corrected chi connectivity index (χ1v) is 8.58. The molecule has 1 saturated heterocycles. The van der Waals surface area contributed by atoms with Gasteiger partial charge in [0, 0.05) is 24.6 Å². The van der Waals surface area contributed by atoms with Crippen LogP contribution in [0.4, 0.5) is 14.7 Å². The second kappa shape index (κ2) is 9.56. The van der Waals surface area contributed by atoms with Crippen LogP contribution < -0.4 is 16.0 Å². The lowest BCUT2D eigenvalue weighted by molar-refractivity contribution is -0.115. The van der Waals surface area contributed by atoms with Crippen molar-refractivity contribution < 1.29 is 18.4 Å². The molecule has 152 valence electrons. The molecule has 3 N–H and O–H groups in total. The molecule has 3 rings (SSSR count). The van der Waals surface area contributed by atoms with Gasteiger partial charge in [0.1, 0.15) is 11.6 Å². The number of halogens is 3. The Balaban J connectivity index is 0.00000280. The topological polar surface area (TPSA) is 101 Å². The molecule has 1 aliphatic heterocycles. The summed E-state index contributed by atoms with van der Waals surface area (Å²) in [5, 5.41) is 12.5. The minimum absolute atomic E-state index is 0. The van der Waals surface area contributed by atoms with Gasteiger partial charge in [0.2, 0.25) is 11.9 Å². The molecule has 1 fully saturated rings. The predicted octanol–water partition coefficient (Wildman–Crippen LogP) is 1.35. The molecule has 0 aliphatic carbocycles. The summed E-state index contributed by atoms with van der Waals surface area (Å²) in [6, 6.07) is 2.45. The number of aryl methyl sites for hydroxylation is 1. The number of aromatic nitrogens is 3. The maximum atomic E-state index is 13.2. The molecule has 8 nitrogen and oxygen atoms in total. The van der Waals surface area contributed by atoms with E-state index in [4.69, 9.17) is 0 Å². The van der Waals surface area contributed by atoms with Crippen LogP contribution in [-0.4, -0.2) is 46.2 Å². The third kappa shape index (κ3) is 5.46. The Labute approximate surface area is 166 Å². The zero-order valence-electron chi connectivity index (χ0n) is 15.2. The highest BCUT2D eigenvalue weighted by Gasteiger charge is 2.21. The van der Waals surface area contributed by atoms with Crippen LogP contribution in [0.15, 0.2) is 18.2 Å². The first kappa shape index (κ1) is 21.7. The van der Waals surface area contributed by atoms with E-state index in [0.29, 0.717) is 11.9 Å². The molecule has 1 aliphatic rings. The van der Waals surface area contributed by atoms with Gasteiger partial charge in [-0.05, 0) is 38.1 Å². The Hall–Kier alpha value is -2.59. The summed E-state index contributed by atoms with van der Waals surface area (Å²) >= 11 is 0. The molecule has 1 aromatic carbocycles. The lowest BCUT2D eigenvalue weighted by Gasteiger charge is -2.19. The number of hydrogen-bond acceptors (Lipinski definition) is 5. The zero-order valence-corrected chi connectivity index (χ0v) is 16.0. The summed E-state index contributed by atoms with van der Waals surface area (Å²) in [7, 11) is 1.67. The van der Waals surface area contributed by atoms with Crippen molar-refractivity contribution >= 4 is 30.2 Å². The average Bonchev–Trinajstić information content (AvgIpc) is 3.00. The van der Waals surface area contributed by atoms with Crippen LogP contribution in [0.25, 0.3) is 0 Å². The molecule has 0 bridgehead atoms. The molecular formula is C17H21ClF2N6O2. The quantitative estimate of drug-likeness (QED) is 0.685. The van der Waals surface area contributed by atoms with Crippen LogP contribution in [-0.2, 0) is 11.8 Å². The molecule has 2 amide bonds. The third-order valence-corrected chi connectivity index (χ3v) is 4.27. The summed E-state index contributed by atoms with van der Waals surface area (Å²) in [6.07, 6.45) is 1.86. The van der Waals surface area contributed by atoms with Gasteiger partial charge in [-0.25, -0.2) is 13.5 Å². The van der Waals surface area contributed by atoms with Crippen LogP contribution in [0.3, 0.4) is 0 Å². The van der Waals surface area contributed by atoms with Crippen molar-refractivity contribution in [3.63, 3.8) is 0 Å². The molecular weight excluding hydrogens is 394 g/mol. The highest BCUT2D eigenvalue weighted by Crippen LogP contribution is 2.23. The van der Waals surface area contributed by atoms with Crippen LogP contribution in [0.5, 0.6) is 0 Å². The standard InChI is InChI=1S/C17H20F2N6O2.ClH/c1-25-17(23-15(24-25)10-2-4-20-5-3-10)22-14(26)9-21-16(27)11-6-12(18)8-13(19)7-11;/h6-8,10,20H,2-5,9H2,1H3,(H,21,27)(H,22,23,24,26);1H. The number of amides is 2. The molecule has 11 heteroatoms. The third-order valence-electron chi connectivity index (χ3n) is 4.27. The molecule has 0 spiro atoms. The fraction of sp³-hybridized carbons (Fsp3) is 0.412. The molecule has 0 atom stereocenters. The van der Waals surface area contributed by atoms with Crippen molar-refractivity contribution in [3.8, 4) is 0 Å². The Bertz CT molecular complexity index is 834. The van der Waals surface area contributed by atoms with Crippen LogP contribution in [0.2, 0.25) is 0 Å². The molecule has 0 unspecified atom stereocenters. The van der Waals surface area contributed by atoms with Crippen molar-refractivity contribution in [2.45, 2.75) is 18.8 Å². The first-order valence-electron chi connectivity index (χ1n) is 8.58. The minimum Gasteiger partial charge on any atom is -0.343 e. The lowest BCUT2D eigenvalue weighted by atomic mass is 9.98. The van der Waals surface area contributed by atoms with Gasteiger partial charge in [0.15, 0.2) is 5.82 Å². The van der Waals surface area contributed by atoms with E-state index < -0.39 is 23.4 Å². The van der Waals surface area contributed by atoms with Gasteiger partial charge < -0.3 is 10.6 Å². The van der Waals surface area contributed by atoms with Crippen molar-refractivity contribution in [2.24, 2.45) is 7.05 Å². The van der Waals surface area contributed by atoms with Gasteiger partial charge in [-0.1, -0.05) is 0 Å². The number of carbonyl (C=O) groups excluding carboxylic acids is 2. The molecule has 0 saturated carbocycles. The summed E-state index contributed by atoms with van der Waals surface area (Å²) in [5.74, 6) is -1.81. The predicted molar refractivity (Wildman–Crippen MR) is 100 cm³/mol. The van der Waals surface area contributed by atoms with Crippen LogP contribution in [0.1, 0.15) is 34.9 Å². The maximum Gasteiger partial charge on any atom is 0.251 e. The van der Waals surface area contributed by atoms with E-state index in [9.17, 15) is 18.4 Å². The Morgan fingerprint density at radius 1 is 1.21 bits per heavy atom. The fourth-order valence-corrected chi connectivity index (χ4v) is 2.88. The second-order valence-electron chi connectivity index (χ2n) is 6.33. The van der Waals surface area contributed by atoms with Gasteiger partial charge in [0.05, 0.1) is 6.54 Å². The fourth-order valence-electron chi connectivity index (χ4n) is 2.88. The lowest BCUT2D eigenvalue weighted by Crippen LogP contribution is -2.33. The van der Waals surface area contributed by atoms with E-state index in [2.05, 4.69) is 26.0 Å². The zero-order chi connectivity index (χ0) is 19.4. The van der Waals surface area contributed by atoms with E-state index in [1.54, 1.807) is 7.05 Å². The van der Waals surface area contributed by atoms with Crippen molar-refractivity contribution in [1.29, 1.82) is 0 Å². The van der Waals surface area contributed by atoms with Crippen molar-refractivity contribution in [1.82, 2.24) is 25.4 Å². The second-order valence-corrected chi connectivity index (χ2v) is 6.33. The number of nitrogens with one attached hydrogen (secondary N) is 3. The van der Waals surface area contributed by atoms with E-state index in [-0.39, 0.29) is 36.4 Å². The Kier molecular flexibility index (Phi) is 7.41. The van der Waals surface area contributed by atoms with Gasteiger partial charge in [-0.15, -0.1) is 12.4 Å². The van der Waals surface area contributed by atoms with Gasteiger partial charge >= 0.3 is 0 Å². The summed E-state index contributed by atoms with van der Waals surface area (Å²) in [5.41, 5.74) is -0.202. The normalized spacial score (nSPS) is 14.2. The largest absolute Gasteiger partial charge is 0.343 e. The summed E-state index contributed by atoms with van der Waals surface area (Å²) in [6.45, 7) is 1.43. The smallest absolute Gasteiger partial charge is 0.251 e. The Morgan fingerprint density at radius 3 is 2.50 bits per heavy atom. The van der Waals surface area contributed by atoms with E-state index in [0.717, 1.165) is 38.1 Å². The Morgan fingerprint density at radius 2 is 1.86 bits per heavy atom. The van der Waals surface area contributed by atoms with Gasteiger partial charge in [-0.2, -0.15) is 10.1 Å². The molecule has 28 heavy (non-hydrogen) atoms. The summed E-state index contributed by atoms with van der Waals surface area (Å²) in [4.78, 5) is 28.3. The number of nitrogens with zero attached hydrogens (tertiary/aromatic N) is 3. The number of rotatable bonds is 5. The number of piperidine rings is 1. The first-order chi connectivity index (χ1) is 12.9. The SMILES string of the molecule is Cl.Cn1nc(C2CCNCC2)nc1NC(=O)CNC(=O)c1cc(F)cc(F)c1. The number of benzene rings is 1. The van der Waals surface area contributed by atoms with Crippen LogP contribution >= 0.6 is 12.4 Å². The minimum atomic E-state index is -0.867. The number of carbonyl (C=O) groups is 2. The molecule has 2 heterocycles. The van der Waals surface area contributed by atoms with Crippen molar-refractivity contribution in [3.05, 3.63) is 41.2 Å². The van der Waals surface area contributed by atoms with Gasteiger partial charge in [0.25, 0.3) is 5.91 Å². The maximum absolute atomic E-state index is 13.2. The van der Waals surface area contributed by atoms with E-state index in [1.807, 2.05) is 0 Å². The highest BCUT2D eigenvalue weighted by molar-refractivity contribution is 5.98. The molecule has 2 aromatic rings. The molecule has 0 radical (unpaired) electrons. The van der Waals surface area contributed by atoms with Gasteiger partial charge in [-0.3, -0.25) is 14.9 Å². The van der Waals surface area contributed by atoms with E-state index in [1.165, 1.54) is 4.68 Å². The van der Waals surface area contributed by atoms with Crippen molar-refractivity contribution in [2.75, 3.05) is 25.0 Å². The number of anilines is 1. The van der Waals surface area contributed by atoms with E-state index >= 15 is 0 Å². The molecule has 1 aromatic heterocycles. The highest BCUT2D eigenvalue weighted by atomic mass is 35.5. The monoisotopic (exact) mass is 414 g/mol. The number of hydrogen-bond donors (Lipinski definition) is 3. The average molecular weight is 415 g/mol.